The second-order valence-corrected chi connectivity index (χ2v) is 5.30. The molecule has 1 fully saturated rings. The molecule has 3 rings (SSSR count). The van der Waals surface area contributed by atoms with Gasteiger partial charge in [-0.15, -0.1) is 0 Å². The molecule has 90 valence electrons. The van der Waals surface area contributed by atoms with Gasteiger partial charge in [-0.05, 0) is 49.9 Å². The Labute approximate surface area is 106 Å². The van der Waals surface area contributed by atoms with Crippen molar-refractivity contribution in [2.45, 2.75) is 19.3 Å². The summed E-state index contributed by atoms with van der Waals surface area (Å²) >= 11 is 6.17. The van der Waals surface area contributed by atoms with Crippen LogP contribution < -0.4 is 5.32 Å². The zero-order valence-corrected chi connectivity index (χ0v) is 10.6. The number of nitrogens with one attached hydrogen (secondary N) is 2. The Balaban J connectivity index is 1.87. The lowest BCUT2D eigenvalue weighted by atomic mass is 9.92. The maximum absolute atomic E-state index is 6.17. The van der Waals surface area contributed by atoms with Crippen molar-refractivity contribution in [3.05, 3.63) is 35.0 Å². The van der Waals surface area contributed by atoms with Gasteiger partial charge in [-0.25, -0.2) is 0 Å². The van der Waals surface area contributed by atoms with E-state index in [1.165, 1.54) is 30.3 Å². The highest BCUT2D eigenvalue weighted by molar-refractivity contribution is 6.35. The summed E-state index contributed by atoms with van der Waals surface area (Å²) in [6.45, 7) is 2.32. The highest BCUT2D eigenvalue weighted by atomic mass is 35.5. The molecule has 0 saturated carbocycles. The molecule has 0 aliphatic carbocycles. The minimum atomic E-state index is 0.765. The number of aromatic amines is 1. The standard InChI is InChI=1S/C14H17ClN2/c15-13-5-1-4-12-11(9-17-14(12)13)7-10-3-2-6-16-8-10/h1,4-5,9-10,16-17H,2-3,6-8H2. The summed E-state index contributed by atoms with van der Waals surface area (Å²) in [5.41, 5.74) is 2.48. The van der Waals surface area contributed by atoms with Crippen LogP contribution in [0.25, 0.3) is 10.9 Å². The molecule has 0 spiro atoms. The third kappa shape index (κ3) is 2.20. The molecule has 17 heavy (non-hydrogen) atoms. The molecule has 1 aliphatic heterocycles. The maximum atomic E-state index is 6.17. The van der Waals surface area contributed by atoms with Gasteiger partial charge in [0, 0.05) is 11.6 Å². The summed E-state index contributed by atoms with van der Waals surface area (Å²) in [4.78, 5) is 3.29. The highest BCUT2D eigenvalue weighted by Crippen LogP contribution is 2.27. The quantitative estimate of drug-likeness (QED) is 0.838. The Morgan fingerprint density at radius 2 is 2.29 bits per heavy atom. The number of piperidine rings is 1. The molecule has 1 saturated heterocycles. The minimum absolute atomic E-state index is 0.765. The lowest BCUT2D eigenvalue weighted by molar-refractivity contribution is 0.377. The van der Waals surface area contributed by atoms with E-state index in [4.69, 9.17) is 11.6 Å². The van der Waals surface area contributed by atoms with Gasteiger partial charge < -0.3 is 10.3 Å². The molecule has 1 aromatic carbocycles. The summed E-state index contributed by atoms with van der Waals surface area (Å²) in [6, 6.07) is 6.12. The predicted octanol–water partition coefficient (Wildman–Crippen LogP) is 3.36. The third-order valence-electron chi connectivity index (χ3n) is 3.66. The van der Waals surface area contributed by atoms with Gasteiger partial charge in [-0.1, -0.05) is 23.7 Å². The largest absolute Gasteiger partial charge is 0.360 e. The van der Waals surface area contributed by atoms with E-state index in [1.54, 1.807) is 0 Å². The summed E-state index contributed by atoms with van der Waals surface area (Å²) in [6.07, 6.45) is 5.90. The number of H-pyrrole nitrogens is 1. The summed E-state index contributed by atoms with van der Waals surface area (Å²) in [5.74, 6) is 0.765. The van der Waals surface area contributed by atoms with E-state index in [9.17, 15) is 0 Å². The summed E-state index contributed by atoms with van der Waals surface area (Å²) in [7, 11) is 0. The number of fused-ring (bicyclic) bond motifs is 1. The first kappa shape index (κ1) is 11.1. The first-order valence-corrected chi connectivity index (χ1v) is 6.67. The van der Waals surface area contributed by atoms with E-state index in [2.05, 4.69) is 22.6 Å². The SMILES string of the molecule is Clc1cccc2c(CC3CCCNC3)c[nH]c12. The summed E-state index contributed by atoms with van der Waals surface area (Å²) in [5, 5.41) is 5.57. The van der Waals surface area contributed by atoms with E-state index >= 15 is 0 Å². The average molecular weight is 249 g/mol. The van der Waals surface area contributed by atoms with E-state index < -0.39 is 0 Å². The number of rotatable bonds is 2. The minimum Gasteiger partial charge on any atom is -0.360 e. The van der Waals surface area contributed by atoms with Gasteiger partial charge in [0.15, 0.2) is 0 Å². The molecule has 1 aromatic heterocycles. The Morgan fingerprint density at radius 3 is 3.12 bits per heavy atom. The number of aromatic nitrogens is 1. The van der Waals surface area contributed by atoms with Crippen LogP contribution in [-0.4, -0.2) is 18.1 Å². The summed E-state index contributed by atoms with van der Waals surface area (Å²) < 4.78 is 0. The lowest BCUT2D eigenvalue weighted by Gasteiger charge is -2.22. The van der Waals surface area contributed by atoms with Gasteiger partial charge in [0.25, 0.3) is 0 Å². The second-order valence-electron chi connectivity index (χ2n) is 4.89. The molecular formula is C14H17ClN2. The van der Waals surface area contributed by atoms with E-state index in [-0.39, 0.29) is 0 Å². The van der Waals surface area contributed by atoms with Crippen molar-refractivity contribution < 1.29 is 0 Å². The first-order chi connectivity index (χ1) is 8.34. The van der Waals surface area contributed by atoms with Gasteiger partial charge in [-0.3, -0.25) is 0 Å². The Bertz CT molecular complexity index is 512. The first-order valence-electron chi connectivity index (χ1n) is 6.30. The van der Waals surface area contributed by atoms with Gasteiger partial charge in [0.1, 0.15) is 0 Å². The van der Waals surface area contributed by atoms with Crippen LogP contribution in [0.15, 0.2) is 24.4 Å². The molecular weight excluding hydrogens is 232 g/mol. The van der Waals surface area contributed by atoms with Crippen molar-refractivity contribution in [2.75, 3.05) is 13.1 Å². The molecule has 0 radical (unpaired) electrons. The number of hydrogen-bond acceptors (Lipinski definition) is 1. The fourth-order valence-electron chi connectivity index (χ4n) is 2.75. The van der Waals surface area contributed by atoms with Crippen molar-refractivity contribution >= 4 is 22.5 Å². The Morgan fingerprint density at radius 1 is 1.35 bits per heavy atom. The third-order valence-corrected chi connectivity index (χ3v) is 3.97. The van der Waals surface area contributed by atoms with Crippen LogP contribution in [0.2, 0.25) is 5.02 Å². The molecule has 2 aromatic rings. The van der Waals surface area contributed by atoms with Gasteiger partial charge in [0.05, 0.1) is 10.5 Å². The van der Waals surface area contributed by atoms with Crippen molar-refractivity contribution in [1.29, 1.82) is 0 Å². The van der Waals surface area contributed by atoms with Crippen LogP contribution in [0, 0.1) is 5.92 Å². The van der Waals surface area contributed by atoms with Crippen molar-refractivity contribution in [1.82, 2.24) is 10.3 Å². The molecule has 1 unspecified atom stereocenters. The maximum Gasteiger partial charge on any atom is 0.0647 e. The zero-order valence-electron chi connectivity index (χ0n) is 9.80. The number of benzene rings is 1. The molecule has 1 atom stereocenters. The smallest absolute Gasteiger partial charge is 0.0647 e. The molecule has 2 nitrogen and oxygen atoms in total. The van der Waals surface area contributed by atoms with Crippen LogP contribution in [-0.2, 0) is 6.42 Å². The molecule has 2 heterocycles. The van der Waals surface area contributed by atoms with Gasteiger partial charge in [0.2, 0.25) is 0 Å². The Hall–Kier alpha value is -0.990. The lowest BCUT2D eigenvalue weighted by Crippen LogP contribution is -2.30. The average Bonchev–Trinajstić information content (AvgIpc) is 2.76. The highest BCUT2D eigenvalue weighted by Gasteiger charge is 2.15. The van der Waals surface area contributed by atoms with Crippen LogP contribution in [0.5, 0.6) is 0 Å². The van der Waals surface area contributed by atoms with Crippen molar-refractivity contribution in [2.24, 2.45) is 5.92 Å². The van der Waals surface area contributed by atoms with Crippen molar-refractivity contribution in [3.63, 3.8) is 0 Å². The fourth-order valence-corrected chi connectivity index (χ4v) is 2.98. The van der Waals surface area contributed by atoms with Gasteiger partial charge >= 0.3 is 0 Å². The zero-order chi connectivity index (χ0) is 11.7. The fraction of sp³-hybridized carbons (Fsp3) is 0.429. The molecule has 0 amide bonds. The van der Waals surface area contributed by atoms with Crippen molar-refractivity contribution in [3.8, 4) is 0 Å². The van der Waals surface area contributed by atoms with E-state index in [0.717, 1.165) is 29.4 Å². The van der Waals surface area contributed by atoms with Crippen LogP contribution in [0.3, 0.4) is 0 Å². The molecule has 0 bridgehead atoms. The normalized spacial score (nSPS) is 20.9. The molecule has 3 heteroatoms. The number of para-hydroxylation sites is 1. The second kappa shape index (κ2) is 4.71. The van der Waals surface area contributed by atoms with Gasteiger partial charge in [-0.2, -0.15) is 0 Å². The number of hydrogen-bond donors (Lipinski definition) is 2. The predicted molar refractivity (Wildman–Crippen MR) is 72.6 cm³/mol. The Kier molecular flexibility index (Phi) is 3.08. The van der Waals surface area contributed by atoms with Crippen LogP contribution >= 0.6 is 11.6 Å². The van der Waals surface area contributed by atoms with E-state index in [1.807, 2.05) is 12.1 Å². The molecule has 1 aliphatic rings. The molecule has 2 N–H and O–H groups in total. The van der Waals surface area contributed by atoms with Crippen LogP contribution in [0.1, 0.15) is 18.4 Å². The van der Waals surface area contributed by atoms with E-state index in [0.29, 0.717) is 0 Å². The number of halogens is 1. The topological polar surface area (TPSA) is 27.8 Å². The van der Waals surface area contributed by atoms with Crippen LogP contribution in [0.4, 0.5) is 0 Å². The monoisotopic (exact) mass is 248 g/mol.